The highest BCUT2D eigenvalue weighted by Gasteiger charge is 2.39. The van der Waals surface area contributed by atoms with E-state index in [2.05, 4.69) is 4.90 Å². The van der Waals surface area contributed by atoms with Gasteiger partial charge in [0.15, 0.2) is 0 Å². The molecule has 0 spiro atoms. The summed E-state index contributed by atoms with van der Waals surface area (Å²) in [6, 6.07) is 0.236. The molecule has 3 rings (SSSR count). The fourth-order valence-electron chi connectivity index (χ4n) is 3.62. The number of carbonyl (C=O) groups excluding carboxylic acids is 2. The second kappa shape index (κ2) is 5.02. The van der Waals surface area contributed by atoms with Crippen molar-refractivity contribution in [1.82, 2.24) is 4.90 Å². The van der Waals surface area contributed by atoms with Gasteiger partial charge in [0.05, 0.1) is 0 Å². The summed E-state index contributed by atoms with van der Waals surface area (Å²) < 4.78 is 0. The highest BCUT2D eigenvalue weighted by atomic mass is 16.2. The Bertz CT molecular complexity index is 348. The predicted molar refractivity (Wildman–Crippen MR) is 69.0 cm³/mol. The van der Waals surface area contributed by atoms with Crippen molar-refractivity contribution in [3.8, 4) is 0 Å². The maximum Gasteiger partial charge on any atom is 0.223 e. The SMILES string of the molecule is O=C1CCCC1C1CCCCN1C(=O)CC1CC1. The van der Waals surface area contributed by atoms with Crippen LogP contribution in [0.15, 0.2) is 0 Å². The molecule has 2 atom stereocenters. The Labute approximate surface area is 109 Å². The number of likely N-dealkylation sites (tertiary alicyclic amines) is 1. The smallest absolute Gasteiger partial charge is 0.223 e. The lowest BCUT2D eigenvalue weighted by Gasteiger charge is -2.39. The van der Waals surface area contributed by atoms with Gasteiger partial charge in [-0.15, -0.1) is 0 Å². The number of piperidine rings is 1. The zero-order chi connectivity index (χ0) is 12.5. The van der Waals surface area contributed by atoms with Gasteiger partial charge in [-0.1, -0.05) is 0 Å². The second-order valence-corrected chi connectivity index (χ2v) is 6.26. The Kier molecular flexibility index (Phi) is 3.40. The minimum absolute atomic E-state index is 0.161. The fourth-order valence-corrected chi connectivity index (χ4v) is 3.62. The molecule has 0 N–H and O–H groups in total. The highest BCUT2D eigenvalue weighted by molar-refractivity contribution is 5.85. The summed E-state index contributed by atoms with van der Waals surface area (Å²) >= 11 is 0. The minimum atomic E-state index is 0.161. The molecule has 1 saturated heterocycles. The van der Waals surface area contributed by atoms with E-state index in [1.807, 2.05) is 0 Å². The molecule has 3 nitrogen and oxygen atoms in total. The molecular weight excluding hydrogens is 226 g/mol. The predicted octanol–water partition coefficient (Wildman–Crippen LogP) is 2.54. The molecule has 3 fully saturated rings. The molecule has 3 heteroatoms. The first-order valence-corrected chi connectivity index (χ1v) is 7.58. The Morgan fingerprint density at radius 3 is 2.61 bits per heavy atom. The summed E-state index contributed by atoms with van der Waals surface area (Å²) in [5.41, 5.74) is 0. The largest absolute Gasteiger partial charge is 0.339 e. The first-order chi connectivity index (χ1) is 8.75. The Balaban J connectivity index is 1.68. The number of hydrogen-bond donors (Lipinski definition) is 0. The molecule has 3 aliphatic rings. The number of Topliss-reactive ketones (excluding diaryl/α,β-unsaturated/α-hetero) is 1. The van der Waals surface area contributed by atoms with E-state index in [9.17, 15) is 9.59 Å². The van der Waals surface area contributed by atoms with Crippen molar-refractivity contribution in [3.05, 3.63) is 0 Å². The topological polar surface area (TPSA) is 37.4 Å². The fraction of sp³-hybridized carbons (Fsp3) is 0.867. The molecule has 2 unspecified atom stereocenters. The third-order valence-corrected chi connectivity index (χ3v) is 4.85. The van der Waals surface area contributed by atoms with Crippen molar-refractivity contribution in [2.75, 3.05) is 6.54 Å². The zero-order valence-corrected chi connectivity index (χ0v) is 11.1. The van der Waals surface area contributed by atoms with Gasteiger partial charge in [-0.25, -0.2) is 0 Å². The average Bonchev–Trinajstić information content (AvgIpc) is 3.09. The van der Waals surface area contributed by atoms with E-state index in [-0.39, 0.29) is 12.0 Å². The number of ketones is 1. The van der Waals surface area contributed by atoms with Crippen molar-refractivity contribution in [2.45, 2.75) is 63.8 Å². The minimum Gasteiger partial charge on any atom is -0.339 e. The van der Waals surface area contributed by atoms with Gasteiger partial charge in [-0.2, -0.15) is 0 Å². The number of nitrogens with zero attached hydrogens (tertiary/aromatic N) is 1. The van der Waals surface area contributed by atoms with Crippen LogP contribution in [0.5, 0.6) is 0 Å². The average molecular weight is 249 g/mol. The highest BCUT2D eigenvalue weighted by Crippen LogP contribution is 2.36. The van der Waals surface area contributed by atoms with Crippen LogP contribution in [0.1, 0.15) is 57.8 Å². The monoisotopic (exact) mass is 249 g/mol. The van der Waals surface area contributed by atoms with E-state index in [1.165, 1.54) is 19.3 Å². The summed E-state index contributed by atoms with van der Waals surface area (Å²) in [4.78, 5) is 26.3. The van der Waals surface area contributed by atoms with Gasteiger partial charge in [-0.3, -0.25) is 9.59 Å². The molecule has 1 heterocycles. The number of carbonyl (C=O) groups is 2. The van der Waals surface area contributed by atoms with Gasteiger partial charge in [0, 0.05) is 31.3 Å². The molecule has 0 aromatic heterocycles. The van der Waals surface area contributed by atoms with E-state index in [4.69, 9.17) is 0 Å². The van der Waals surface area contributed by atoms with Crippen LogP contribution in [-0.2, 0) is 9.59 Å². The lowest BCUT2D eigenvalue weighted by Crippen LogP contribution is -2.48. The van der Waals surface area contributed by atoms with Gasteiger partial charge >= 0.3 is 0 Å². The van der Waals surface area contributed by atoms with Crippen LogP contribution in [0, 0.1) is 11.8 Å². The van der Waals surface area contributed by atoms with E-state index < -0.39 is 0 Å². The molecule has 1 amide bonds. The Morgan fingerprint density at radius 2 is 1.94 bits per heavy atom. The normalized spacial score (nSPS) is 32.9. The number of rotatable bonds is 3. The van der Waals surface area contributed by atoms with Crippen molar-refractivity contribution in [1.29, 1.82) is 0 Å². The van der Waals surface area contributed by atoms with Crippen LogP contribution in [0.4, 0.5) is 0 Å². The molecule has 0 aromatic rings. The van der Waals surface area contributed by atoms with E-state index in [0.29, 0.717) is 17.6 Å². The molecule has 1 aliphatic heterocycles. The quantitative estimate of drug-likeness (QED) is 0.770. The maximum atomic E-state index is 12.3. The van der Waals surface area contributed by atoms with Gasteiger partial charge in [-0.05, 0) is 50.9 Å². The van der Waals surface area contributed by atoms with E-state index >= 15 is 0 Å². The van der Waals surface area contributed by atoms with E-state index in [0.717, 1.165) is 45.1 Å². The number of hydrogen-bond acceptors (Lipinski definition) is 2. The standard InChI is InChI=1S/C15H23NO2/c17-14-6-3-4-12(14)13-5-1-2-9-16(13)15(18)10-11-7-8-11/h11-13H,1-10H2. The summed E-state index contributed by atoms with van der Waals surface area (Å²) in [5, 5.41) is 0. The van der Waals surface area contributed by atoms with Gasteiger partial charge in [0.25, 0.3) is 0 Å². The van der Waals surface area contributed by atoms with E-state index in [1.54, 1.807) is 0 Å². The zero-order valence-electron chi connectivity index (χ0n) is 11.1. The molecule has 2 saturated carbocycles. The summed E-state index contributed by atoms with van der Waals surface area (Å²) in [5.74, 6) is 1.54. The van der Waals surface area contributed by atoms with Crippen LogP contribution in [0.25, 0.3) is 0 Å². The molecule has 100 valence electrons. The van der Waals surface area contributed by atoms with Crippen LogP contribution >= 0.6 is 0 Å². The lowest BCUT2D eigenvalue weighted by molar-refractivity contribution is -0.138. The summed E-state index contributed by atoms with van der Waals surface area (Å²) in [6.45, 7) is 0.889. The molecule has 0 radical (unpaired) electrons. The van der Waals surface area contributed by atoms with Gasteiger partial charge in [0.2, 0.25) is 5.91 Å². The first kappa shape index (κ1) is 12.2. The Hall–Kier alpha value is -0.860. The molecular formula is C15H23NO2. The molecule has 0 bridgehead atoms. The Morgan fingerprint density at radius 1 is 1.11 bits per heavy atom. The summed E-state index contributed by atoms with van der Waals surface area (Å²) in [6.07, 6.45) is 9.33. The molecule has 2 aliphatic carbocycles. The number of amides is 1. The third-order valence-electron chi connectivity index (χ3n) is 4.85. The van der Waals surface area contributed by atoms with Crippen molar-refractivity contribution in [3.63, 3.8) is 0 Å². The van der Waals surface area contributed by atoms with Crippen LogP contribution in [-0.4, -0.2) is 29.2 Å². The first-order valence-electron chi connectivity index (χ1n) is 7.58. The second-order valence-electron chi connectivity index (χ2n) is 6.26. The lowest BCUT2D eigenvalue weighted by atomic mass is 9.88. The molecule has 0 aromatic carbocycles. The van der Waals surface area contributed by atoms with Crippen LogP contribution < -0.4 is 0 Å². The van der Waals surface area contributed by atoms with Crippen molar-refractivity contribution < 1.29 is 9.59 Å². The van der Waals surface area contributed by atoms with Crippen LogP contribution in [0.3, 0.4) is 0 Å². The maximum absolute atomic E-state index is 12.3. The van der Waals surface area contributed by atoms with Crippen molar-refractivity contribution in [2.24, 2.45) is 11.8 Å². The third kappa shape index (κ3) is 2.45. The molecule has 18 heavy (non-hydrogen) atoms. The van der Waals surface area contributed by atoms with Crippen molar-refractivity contribution >= 4 is 11.7 Å². The van der Waals surface area contributed by atoms with Gasteiger partial charge < -0.3 is 4.90 Å². The summed E-state index contributed by atoms with van der Waals surface area (Å²) in [7, 11) is 0. The van der Waals surface area contributed by atoms with Gasteiger partial charge in [0.1, 0.15) is 5.78 Å². The van der Waals surface area contributed by atoms with Crippen LogP contribution in [0.2, 0.25) is 0 Å².